The van der Waals surface area contributed by atoms with Crippen molar-refractivity contribution in [3.05, 3.63) is 206 Å². The lowest BCUT2D eigenvalue weighted by atomic mass is 10.00. The van der Waals surface area contributed by atoms with E-state index in [0.29, 0.717) is 5.82 Å². The second-order valence-electron chi connectivity index (χ2n) is 16.5. The molecule has 0 unspecified atom stereocenters. The van der Waals surface area contributed by atoms with Gasteiger partial charge in [-0.1, -0.05) is 146 Å². The van der Waals surface area contributed by atoms with E-state index in [-0.39, 0.29) is 0 Å². The molecule has 0 bridgehead atoms. The smallest absolute Gasteiger partial charge is 0.161 e. The van der Waals surface area contributed by atoms with Gasteiger partial charge in [0.2, 0.25) is 0 Å². The maximum Gasteiger partial charge on any atom is 0.161 e. The fourth-order valence-corrected chi connectivity index (χ4v) is 11.6. The van der Waals surface area contributed by atoms with Crippen molar-refractivity contribution in [2.75, 3.05) is 0 Å². The third-order valence-electron chi connectivity index (χ3n) is 13.1. The van der Waals surface area contributed by atoms with Crippen LogP contribution >= 0.6 is 11.3 Å². The Hall–Kier alpha value is -8.12. The molecule has 0 spiro atoms. The van der Waals surface area contributed by atoms with Crippen molar-refractivity contribution in [3.63, 3.8) is 0 Å². The molecule has 0 aliphatic carbocycles. The molecule has 10 aromatic carbocycles. The number of aromatic nitrogens is 4. The van der Waals surface area contributed by atoms with E-state index in [1.165, 1.54) is 74.3 Å². The number of rotatable bonds is 4. The summed E-state index contributed by atoms with van der Waals surface area (Å²) >= 11 is 1.82. The highest BCUT2D eigenvalue weighted by Gasteiger charge is 2.23. The summed E-state index contributed by atoms with van der Waals surface area (Å²) in [5.41, 5.74) is 10.8. The third-order valence-corrected chi connectivity index (χ3v) is 14.3. The molecule has 14 aromatic rings. The normalized spacial score (nSPS) is 12.1. The van der Waals surface area contributed by atoms with Gasteiger partial charge in [0.15, 0.2) is 5.82 Å². The minimum atomic E-state index is 0.711. The number of nitrogens with zero attached hydrogens (tertiary/aromatic N) is 4. The van der Waals surface area contributed by atoms with Gasteiger partial charge in [-0.25, -0.2) is 9.97 Å². The van der Waals surface area contributed by atoms with Crippen LogP contribution in [0, 0.1) is 0 Å². The number of benzene rings is 10. The van der Waals surface area contributed by atoms with E-state index in [4.69, 9.17) is 9.97 Å². The fourth-order valence-electron chi connectivity index (χ4n) is 10.4. The zero-order valence-electron chi connectivity index (χ0n) is 33.8. The zero-order valence-corrected chi connectivity index (χ0v) is 34.6. The third kappa shape index (κ3) is 4.97. The van der Waals surface area contributed by atoms with Gasteiger partial charge >= 0.3 is 0 Å². The average molecular weight is 819 g/mol. The lowest BCUT2D eigenvalue weighted by Gasteiger charge is -2.14. The predicted octanol–water partition coefficient (Wildman–Crippen LogP) is 15.8. The van der Waals surface area contributed by atoms with Gasteiger partial charge in [0.25, 0.3) is 0 Å². The largest absolute Gasteiger partial charge is 0.309 e. The van der Waals surface area contributed by atoms with Gasteiger partial charge in [0.1, 0.15) is 0 Å². The first-order chi connectivity index (χ1) is 31.3. The number of hydrogen-bond acceptors (Lipinski definition) is 3. The second-order valence-corrected chi connectivity index (χ2v) is 17.5. The lowest BCUT2D eigenvalue weighted by molar-refractivity contribution is 1.18. The highest BCUT2D eigenvalue weighted by atomic mass is 32.1. The van der Waals surface area contributed by atoms with Crippen LogP contribution in [-0.2, 0) is 0 Å². The Balaban J connectivity index is 1.10. The van der Waals surface area contributed by atoms with E-state index in [2.05, 4.69) is 215 Å². The van der Waals surface area contributed by atoms with Gasteiger partial charge in [0.05, 0.1) is 33.3 Å². The summed E-state index contributed by atoms with van der Waals surface area (Å²) in [4.78, 5) is 11.2. The zero-order chi connectivity index (χ0) is 41.2. The first-order valence-electron chi connectivity index (χ1n) is 21.4. The summed E-state index contributed by atoms with van der Waals surface area (Å²) in [5, 5.41) is 13.3. The van der Waals surface area contributed by atoms with Gasteiger partial charge in [-0.15, -0.1) is 11.3 Å². The maximum atomic E-state index is 5.71. The molecule has 4 aromatic heterocycles. The quantitative estimate of drug-likeness (QED) is 0.177. The highest BCUT2D eigenvalue weighted by Crippen LogP contribution is 2.46. The molecular formula is C58H34N4S. The molecule has 0 radical (unpaired) electrons. The van der Waals surface area contributed by atoms with Crippen LogP contribution in [-0.4, -0.2) is 19.1 Å². The van der Waals surface area contributed by atoms with Gasteiger partial charge in [-0.2, -0.15) is 0 Å². The van der Waals surface area contributed by atoms with Crippen LogP contribution in [0.25, 0.3) is 130 Å². The molecule has 0 N–H and O–H groups in total. The van der Waals surface area contributed by atoms with E-state index < -0.39 is 0 Å². The second kappa shape index (κ2) is 13.2. The Kier molecular flexibility index (Phi) is 7.24. The molecule has 63 heavy (non-hydrogen) atoms. The minimum Gasteiger partial charge on any atom is -0.309 e. The fraction of sp³-hybridized carbons (Fsp3) is 0. The first-order valence-corrected chi connectivity index (χ1v) is 22.2. The number of hydrogen-bond donors (Lipinski definition) is 0. The predicted molar refractivity (Wildman–Crippen MR) is 267 cm³/mol. The van der Waals surface area contributed by atoms with Crippen LogP contribution in [0.15, 0.2) is 206 Å². The number of thiophene rings is 1. The summed E-state index contributed by atoms with van der Waals surface area (Å²) in [6.45, 7) is 0. The van der Waals surface area contributed by atoms with Gasteiger partial charge < -0.3 is 9.13 Å². The highest BCUT2D eigenvalue weighted by molar-refractivity contribution is 7.26. The standard InChI is InChI=1S/C58H34N4S/c1-2-17-37(18-3-1)61-48-26-12-9-23-43(48)53-44(24-14-27-49(53)61)56-42-22-8-11-25-47(42)59-58(60-56)46-34-38(33-45-41-21-10-13-28-52(41)63-57(45)46)62-50-31-29-35-15-4-6-19-39(35)54(50)55-40-20-7-5-16-36(40)30-32-51(55)62/h1-34H. The summed E-state index contributed by atoms with van der Waals surface area (Å²) < 4.78 is 7.27. The van der Waals surface area contributed by atoms with E-state index in [1.54, 1.807) is 0 Å². The summed E-state index contributed by atoms with van der Waals surface area (Å²) in [6.07, 6.45) is 0. The van der Waals surface area contributed by atoms with Crippen LogP contribution in [0.5, 0.6) is 0 Å². The van der Waals surface area contributed by atoms with Crippen LogP contribution in [0.4, 0.5) is 0 Å². The van der Waals surface area contributed by atoms with Crippen molar-refractivity contribution in [1.29, 1.82) is 0 Å². The van der Waals surface area contributed by atoms with E-state index in [1.807, 2.05) is 11.3 Å². The molecule has 292 valence electrons. The average Bonchev–Trinajstić information content (AvgIpc) is 4.02. The molecule has 0 aliphatic rings. The Morgan fingerprint density at radius 2 is 0.937 bits per heavy atom. The van der Waals surface area contributed by atoms with Crippen LogP contribution in [0.1, 0.15) is 0 Å². The molecule has 0 atom stereocenters. The topological polar surface area (TPSA) is 35.6 Å². The molecule has 0 amide bonds. The van der Waals surface area contributed by atoms with Crippen molar-refractivity contribution in [2.45, 2.75) is 0 Å². The van der Waals surface area contributed by atoms with Gasteiger partial charge in [-0.3, -0.25) is 0 Å². The molecule has 4 heterocycles. The number of fused-ring (bicyclic) bond motifs is 14. The van der Waals surface area contributed by atoms with Gasteiger partial charge in [-0.05, 0) is 82.2 Å². The van der Waals surface area contributed by atoms with Gasteiger partial charge in [0, 0.05) is 69.6 Å². The summed E-state index contributed by atoms with van der Waals surface area (Å²) in [5.74, 6) is 0.711. The first kappa shape index (κ1) is 34.6. The summed E-state index contributed by atoms with van der Waals surface area (Å²) in [6, 6.07) is 74.7. The SMILES string of the molecule is c1ccc(-n2c3ccccc3c3c(-c4nc(-c5cc(-n6c7ccc8ccccc8c7c7c8ccccc8ccc76)cc6c5sc5ccccc56)nc5ccccc45)cccc32)cc1. The molecular weight excluding hydrogens is 785 g/mol. The molecule has 0 aliphatic heterocycles. The lowest BCUT2D eigenvalue weighted by Crippen LogP contribution is -1.99. The molecule has 14 rings (SSSR count). The van der Waals surface area contributed by atoms with E-state index in [9.17, 15) is 0 Å². The molecule has 4 nitrogen and oxygen atoms in total. The molecule has 5 heteroatoms. The van der Waals surface area contributed by atoms with Crippen molar-refractivity contribution in [3.8, 4) is 34.0 Å². The van der Waals surface area contributed by atoms with Crippen molar-refractivity contribution >= 4 is 108 Å². The number of para-hydroxylation sites is 3. The van der Waals surface area contributed by atoms with Crippen molar-refractivity contribution in [1.82, 2.24) is 19.1 Å². The monoisotopic (exact) mass is 818 g/mol. The van der Waals surface area contributed by atoms with Crippen LogP contribution in [0.2, 0.25) is 0 Å². The summed E-state index contributed by atoms with van der Waals surface area (Å²) in [7, 11) is 0. The Bertz CT molecular complexity index is 4120. The van der Waals surface area contributed by atoms with E-state index >= 15 is 0 Å². The molecule has 0 saturated carbocycles. The minimum absolute atomic E-state index is 0.711. The van der Waals surface area contributed by atoms with Crippen LogP contribution < -0.4 is 0 Å². The Labute approximate surface area is 365 Å². The maximum absolute atomic E-state index is 5.71. The molecule has 0 saturated heterocycles. The molecule has 0 fully saturated rings. The Morgan fingerprint density at radius 1 is 0.349 bits per heavy atom. The van der Waals surface area contributed by atoms with Crippen molar-refractivity contribution in [2.24, 2.45) is 0 Å². The Morgan fingerprint density at radius 3 is 1.70 bits per heavy atom. The van der Waals surface area contributed by atoms with Crippen LogP contribution in [0.3, 0.4) is 0 Å². The van der Waals surface area contributed by atoms with E-state index in [0.717, 1.165) is 50.1 Å². The van der Waals surface area contributed by atoms with Crippen molar-refractivity contribution < 1.29 is 0 Å².